The van der Waals surface area contributed by atoms with E-state index in [0.29, 0.717) is 21.3 Å². The molecule has 0 saturated carbocycles. The van der Waals surface area contributed by atoms with Crippen molar-refractivity contribution in [1.29, 1.82) is 0 Å². The van der Waals surface area contributed by atoms with Crippen LogP contribution in [0.1, 0.15) is 5.56 Å². The lowest BCUT2D eigenvalue weighted by Gasteiger charge is -2.06. The number of aromatic nitrogens is 3. The van der Waals surface area contributed by atoms with Gasteiger partial charge in [-0.1, -0.05) is 30.3 Å². The van der Waals surface area contributed by atoms with Crippen molar-refractivity contribution in [3.63, 3.8) is 0 Å². The maximum absolute atomic E-state index is 12.1. The Morgan fingerprint density at radius 2 is 2.04 bits per heavy atom. The maximum Gasteiger partial charge on any atom is 0.279 e. The summed E-state index contributed by atoms with van der Waals surface area (Å²) < 4.78 is 5.54. The van der Waals surface area contributed by atoms with Gasteiger partial charge >= 0.3 is 0 Å². The van der Waals surface area contributed by atoms with E-state index in [4.69, 9.17) is 4.74 Å². The normalized spacial score (nSPS) is 10.8. The predicted molar refractivity (Wildman–Crippen MR) is 102 cm³/mol. The number of hydrogen-bond donors (Lipinski definition) is 3. The molecular formula is C17H14BrN5O3. The molecule has 2 aromatic carbocycles. The van der Waals surface area contributed by atoms with Gasteiger partial charge in [0.05, 0.1) is 17.8 Å². The number of ether oxygens (including phenoxy) is 1. The number of aromatic hydroxyl groups is 1. The molecule has 0 aliphatic rings. The summed E-state index contributed by atoms with van der Waals surface area (Å²) in [4.78, 5) is 14.7. The van der Waals surface area contributed by atoms with Crippen molar-refractivity contribution in [3.8, 4) is 22.8 Å². The fourth-order valence-electron chi connectivity index (χ4n) is 2.16. The number of aromatic amines is 1. The van der Waals surface area contributed by atoms with Crippen LogP contribution in [0.3, 0.4) is 0 Å². The van der Waals surface area contributed by atoms with Crippen molar-refractivity contribution in [2.24, 2.45) is 5.10 Å². The molecule has 9 heteroatoms. The van der Waals surface area contributed by atoms with Crippen LogP contribution < -0.4 is 15.7 Å². The number of rotatable bonds is 5. The van der Waals surface area contributed by atoms with E-state index in [2.05, 4.69) is 41.6 Å². The van der Waals surface area contributed by atoms with E-state index in [-0.39, 0.29) is 23.0 Å². The minimum Gasteiger partial charge on any atom is -0.503 e. The average Bonchev–Trinajstić information content (AvgIpc) is 2.65. The van der Waals surface area contributed by atoms with Crippen LogP contribution in [-0.2, 0) is 0 Å². The summed E-state index contributed by atoms with van der Waals surface area (Å²) in [6.07, 6.45) is 1.48. The highest BCUT2D eigenvalue weighted by Crippen LogP contribution is 2.34. The first-order valence-electron chi connectivity index (χ1n) is 7.46. The zero-order chi connectivity index (χ0) is 18.5. The second kappa shape index (κ2) is 7.79. The van der Waals surface area contributed by atoms with Gasteiger partial charge in [-0.05, 0) is 33.6 Å². The molecule has 3 aromatic rings. The minimum absolute atomic E-state index is 0.00399. The van der Waals surface area contributed by atoms with Crippen LogP contribution in [0.5, 0.6) is 11.5 Å². The summed E-state index contributed by atoms with van der Waals surface area (Å²) in [6.45, 7) is 0. The molecule has 0 atom stereocenters. The summed E-state index contributed by atoms with van der Waals surface area (Å²) >= 11 is 3.23. The number of phenolic OH excluding ortho intramolecular Hbond substituents is 1. The van der Waals surface area contributed by atoms with Crippen LogP contribution in [0.25, 0.3) is 11.3 Å². The monoisotopic (exact) mass is 415 g/mol. The summed E-state index contributed by atoms with van der Waals surface area (Å²) in [5.74, 6) is 0.418. The molecule has 0 aliphatic carbocycles. The van der Waals surface area contributed by atoms with Gasteiger partial charge in [-0.2, -0.15) is 5.10 Å². The van der Waals surface area contributed by atoms with E-state index >= 15 is 0 Å². The molecule has 3 N–H and O–H groups in total. The number of nitrogens with zero attached hydrogens (tertiary/aromatic N) is 3. The third kappa shape index (κ3) is 3.89. The first kappa shape index (κ1) is 17.6. The second-order valence-corrected chi connectivity index (χ2v) is 6.00. The Morgan fingerprint density at radius 3 is 2.73 bits per heavy atom. The molecule has 1 aromatic heterocycles. The van der Waals surface area contributed by atoms with E-state index in [1.54, 1.807) is 24.3 Å². The number of hydrazone groups is 1. The Morgan fingerprint density at radius 1 is 1.27 bits per heavy atom. The van der Waals surface area contributed by atoms with Crippen molar-refractivity contribution in [2.45, 2.75) is 0 Å². The molecule has 0 unspecified atom stereocenters. The van der Waals surface area contributed by atoms with Crippen LogP contribution >= 0.6 is 15.9 Å². The Bertz CT molecular complexity index is 1010. The molecular weight excluding hydrogens is 402 g/mol. The molecule has 132 valence electrons. The van der Waals surface area contributed by atoms with E-state index in [9.17, 15) is 9.90 Å². The van der Waals surface area contributed by atoms with Gasteiger partial charge in [-0.3, -0.25) is 9.78 Å². The van der Waals surface area contributed by atoms with Gasteiger partial charge in [-0.25, -0.2) is 5.43 Å². The van der Waals surface area contributed by atoms with Crippen LogP contribution in [0.2, 0.25) is 0 Å². The predicted octanol–water partition coefficient (Wildman–Crippen LogP) is 2.75. The van der Waals surface area contributed by atoms with Crippen molar-refractivity contribution in [3.05, 3.63) is 62.9 Å². The first-order valence-corrected chi connectivity index (χ1v) is 8.26. The van der Waals surface area contributed by atoms with Gasteiger partial charge in [0, 0.05) is 5.56 Å². The summed E-state index contributed by atoms with van der Waals surface area (Å²) in [5.41, 5.74) is 3.80. The molecule has 26 heavy (non-hydrogen) atoms. The lowest BCUT2D eigenvalue weighted by atomic mass is 10.2. The Hall–Kier alpha value is -3.20. The summed E-state index contributed by atoms with van der Waals surface area (Å²) in [5, 5.41) is 21.6. The van der Waals surface area contributed by atoms with Crippen molar-refractivity contribution in [1.82, 2.24) is 15.2 Å². The van der Waals surface area contributed by atoms with Crippen LogP contribution in [0.15, 0.2) is 56.8 Å². The number of nitrogens with one attached hydrogen (secondary N) is 2. The van der Waals surface area contributed by atoms with Gasteiger partial charge in [0.15, 0.2) is 17.2 Å². The van der Waals surface area contributed by atoms with Crippen LogP contribution in [0.4, 0.5) is 5.95 Å². The molecule has 0 saturated heterocycles. The van der Waals surface area contributed by atoms with E-state index in [1.165, 1.54) is 13.3 Å². The van der Waals surface area contributed by atoms with E-state index < -0.39 is 0 Å². The molecule has 3 rings (SSSR count). The smallest absolute Gasteiger partial charge is 0.279 e. The maximum atomic E-state index is 12.1. The molecule has 1 heterocycles. The van der Waals surface area contributed by atoms with E-state index in [1.807, 2.05) is 18.2 Å². The highest BCUT2D eigenvalue weighted by molar-refractivity contribution is 9.10. The first-order chi connectivity index (χ1) is 12.6. The quantitative estimate of drug-likeness (QED) is 0.436. The van der Waals surface area contributed by atoms with Gasteiger partial charge in [-0.15, -0.1) is 10.2 Å². The number of H-pyrrole nitrogens is 1. The summed E-state index contributed by atoms with van der Waals surface area (Å²) in [7, 11) is 1.45. The van der Waals surface area contributed by atoms with Crippen molar-refractivity contribution in [2.75, 3.05) is 12.5 Å². The molecule has 0 fully saturated rings. The van der Waals surface area contributed by atoms with Crippen LogP contribution in [-0.4, -0.2) is 33.6 Å². The number of phenols is 1. The molecule has 0 amide bonds. The third-order valence-electron chi connectivity index (χ3n) is 3.40. The molecule has 0 spiro atoms. The molecule has 0 aliphatic heterocycles. The standard InChI is InChI=1S/C17H14BrN5O3/c1-26-13-8-10(7-12(18)15(13)24)9-19-22-17-20-16(25)14(21-23-17)11-5-3-2-4-6-11/h2-9,24H,1H3,(H2,20,22,23,25). The average molecular weight is 416 g/mol. The lowest BCUT2D eigenvalue weighted by Crippen LogP contribution is -2.15. The fraction of sp³-hybridized carbons (Fsp3) is 0.0588. The Kier molecular flexibility index (Phi) is 5.28. The fourth-order valence-corrected chi connectivity index (χ4v) is 2.62. The van der Waals surface area contributed by atoms with Gasteiger partial charge in [0.2, 0.25) is 5.95 Å². The third-order valence-corrected chi connectivity index (χ3v) is 4.00. The number of anilines is 1. The van der Waals surface area contributed by atoms with E-state index in [0.717, 1.165) is 0 Å². The highest BCUT2D eigenvalue weighted by atomic mass is 79.9. The number of halogens is 1. The minimum atomic E-state index is -0.377. The van der Waals surface area contributed by atoms with Gasteiger partial charge in [0.25, 0.3) is 5.56 Å². The molecule has 0 bridgehead atoms. The topological polar surface area (TPSA) is 112 Å². The number of hydrogen-bond acceptors (Lipinski definition) is 7. The highest BCUT2D eigenvalue weighted by Gasteiger charge is 2.08. The SMILES string of the molecule is COc1cc(C=NNc2nnc(-c3ccccc3)c(=O)[nH]2)cc(Br)c1O. The second-order valence-electron chi connectivity index (χ2n) is 5.14. The lowest BCUT2D eigenvalue weighted by molar-refractivity contribution is 0.372. The number of methoxy groups -OCH3 is 1. The van der Waals surface area contributed by atoms with Crippen molar-refractivity contribution < 1.29 is 9.84 Å². The van der Waals surface area contributed by atoms with Crippen molar-refractivity contribution >= 4 is 28.1 Å². The Labute approximate surface area is 156 Å². The zero-order valence-corrected chi connectivity index (χ0v) is 15.2. The largest absolute Gasteiger partial charge is 0.503 e. The van der Waals surface area contributed by atoms with Crippen LogP contribution in [0, 0.1) is 0 Å². The zero-order valence-electron chi connectivity index (χ0n) is 13.6. The van der Waals surface area contributed by atoms with Gasteiger partial charge < -0.3 is 9.84 Å². The molecule has 8 nitrogen and oxygen atoms in total. The summed E-state index contributed by atoms with van der Waals surface area (Å²) in [6, 6.07) is 12.3. The number of benzene rings is 2. The molecule has 0 radical (unpaired) electrons. The Balaban J connectivity index is 1.76. The van der Waals surface area contributed by atoms with Gasteiger partial charge in [0.1, 0.15) is 0 Å².